The zero-order valence-corrected chi connectivity index (χ0v) is 15.8. The van der Waals surface area contributed by atoms with Crippen molar-refractivity contribution in [3.8, 4) is 17.2 Å². The molecule has 1 aliphatic rings. The molecule has 4 heteroatoms. The molecular formula is C21H31BO3. The highest BCUT2D eigenvalue weighted by molar-refractivity contribution is 6.36. The third-order valence-electron chi connectivity index (χ3n) is 4.57. The summed E-state index contributed by atoms with van der Waals surface area (Å²) < 4.78 is 0. The van der Waals surface area contributed by atoms with Crippen LogP contribution in [0.3, 0.4) is 0 Å². The summed E-state index contributed by atoms with van der Waals surface area (Å²) in [5.74, 6) is -0.545. The summed E-state index contributed by atoms with van der Waals surface area (Å²) in [6.45, 7) is 9.39. The van der Waals surface area contributed by atoms with E-state index in [9.17, 15) is 15.3 Å². The van der Waals surface area contributed by atoms with Crippen LogP contribution in [-0.2, 0) is 6.42 Å². The fourth-order valence-electron chi connectivity index (χ4n) is 3.29. The first-order valence-electron chi connectivity index (χ1n) is 9.18. The van der Waals surface area contributed by atoms with E-state index in [0.717, 1.165) is 38.5 Å². The second-order valence-electron chi connectivity index (χ2n) is 6.73. The number of phenols is 3. The van der Waals surface area contributed by atoms with Crippen molar-refractivity contribution < 1.29 is 15.3 Å². The summed E-state index contributed by atoms with van der Waals surface area (Å²) in [7, 11) is 6.03. The van der Waals surface area contributed by atoms with Crippen molar-refractivity contribution in [2.75, 3.05) is 0 Å². The standard InChI is InChI=1S/C18H25BO3.C3H6/c1-3-4-5-9-13-15(19)17(21)14(18(22)16(13)20)12-8-6-7-11(2)10-12;1-3-2/h10,12,20-22H,3-9H2,1-2H3;3H,1H2,2H3/t12-;/m0./s1. The molecule has 1 aromatic rings. The second-order valence-corrected chi connectivity index (χ2v) is 6.73. The first-order chi connectivity index (χ1) is 11.9. The quantitative estimate of drug-likeness (QED) is 0.238. The summed E-state index contributed by atoms with van der Waals surface area (Å²) in [5, 5.41) is 31.2. The molecule has 2 rings (SSSR count). The highest BCUT2D eigenvalue weighted by atomic mass is 16.3. The van der Waals surface area contributed by atoms with Gasteiger partial charge in [-0.25, -0.2) is 0 Å². The molecule has 0 bridgehead atoms. The third kappa shape index (κ3) is 5.32. The molecule has 0 heterocycles. The second kappa shape index (κ2) is 10.2. The van der Waals surface area contributed by atoms with Gasteiger partial charge in [0.15, 0.2) is 11.5 Å². The van der Waals surface area contributed by atoms with E-state index in [1.807, 2.05) is 19.9 Å². The van der Waals surface area contributed by atoms with Gasteiger partial charge in [-0.15, -0.1) is 6.58 Å². The summed E-state index contributed by atoms with van der Waals surface area (Å²) >= 11 is 0. The number of allylic oxidation sites excluding steroid dienone is 3. The lowest BCUT2D eigenvalue weighted by atomic mass is 9.78. The van der Waals surface area contributed by atoms with Crippen LogP contribution < -0.4 is 5.46 Å². The van der Waals surface area contributed by atoms with Gasteiger partial charge in [0, 0.05) is 11.5 Å². The Kier molecular flexibility index (Phi) is 8.67. The van der Waals surface area contributed by atoms with Crippen molar-refractivity contribution >= 4 is 13.3 Å². The molecule has 1 atom stereocenters. The van der Waals surface area contributed by atoms with Gasteiger partial charge in [0.1, 0.15) is 13.6 Å². The normalized spacial score (nSPS) is 16.6. The van der Waals surface area contributed by atoms with Crippen LogP contribution in [-0.4, -0.2) is 23.2 Å². The minimum absolute atomic E-state index is 0.0715. The number of hydrogen-bond donors (Lipinski definition) is 3. The van der Waals surface area contributed by atoms with Crippen molar-refractivity contribution in [2.24, 2.45) is 0 Å². The Morgan fingerprint density at radius 3 is 2.40 bits per heavy atom. The van der Waals surface area contributed by atoms with E-state index in [1.165, 1.54) is 5.57 Å². The van der Waals surface area contributed by atoms with Crippen LogP contribution in [0.1, 0.15) is 76.3 Å². The maximum Gasteiger partial charge on any atom is 0.165 e. The molecule has 1 aromatic carbocycles. The van der Waals surface area contributed by atoms with E-state index in [1.54, 1.807) is 6.08 Å². The molecule has 0 unspecified atom stereocenters. The first kappa shape index (κ1) is 21.2. The summed E-state index contributed by atoms with van der Waals surface area (Å²) in [4.78, 5) is 0. The molecular weight excluding hydrogens is 311 g/mol. The van der Waals surface area contributed by atoms with E-state index < -0.39 is 0 Å². The van der Waals surface area contributed by atoms with Crippen LogP contribution in [0.15, 0.2) is 24.3 Å². The third-order valence-corrected chi connectivity index (χ3v) is 4.57. The number of hydrogen-bond acceptors (Lipinski definition) is 3. The molecule has 0 aromatic heterocycles. The highest BCUT2D eigenvalue weighted by Crippen LogP contribution is 2.45. The topological polar surface area (TPSA) is 60.7 Å². The number of benzene rings is 1. The summed E-state index contributed by atoms with van der Waals surface area (Å²) in [6, 6.07) is 0. The zero-order chi connectivity index (χ0) is 19.0. The van der Waals surface area contributed by atoms with E-state index in [2.05, 4.69) is 13.5 Å². The molecule has 0 aliphatic heterocycles. The summed E-state index contributed by atoms with van der Waals surface area (Å²) in [6.07, 6.45) is 10.2. The van der Waals surface area contributed by atoms with Gasteiger partial charge in [-0.1, -0.05) is 37.5 Å². The van der Waals surface area contributed by atoms with Crippen LogP contribution in [0.4, 0.5) is 0 Å². The smallest absolute Gasteiger partial charge is 0.165 e. The molecule has 3 N–H and O–H groups in total. The van der Waals surface area contributed by atoms with Gasteiger partial charge < -0.3 is 15.3 Å². The molecule has 1 aliphatic carbocycles. The van der Waals surface area contributed by atoms with E-state index in [0.29, 0.717) is 17.5 Å². The van der Waals surface area contributed by atoms with Gasteiger partial charge in [0.05, 0.1) is 0 Å². The molecule has 0 saturated heterocycles. The van der Waals surface area contributed by atoms with Crippen LogP contribution in [0, 0.1) is 0 Å². The Labute approximate surface area is 153 Å². The number of rotatable bonds is 5. The minimum atomic E-state index is -0.214. The molecule has 0 amide bonds. The van der Waals surface area contributed by atoms with Crippen molar-refractivity contribution in [1.82, 2.24) is 0 Å². The Balaban J connectivity index is 0.000000970. The lowest BCUT2D eigenvalue weighted by molar-refractivity contribution is 0.381. The lowest BCUT2D eigenvalue weighted by Gasteiger charge is -2.24. The first-order valence-corrected chi connectivity index (χ1v) is 9.18. The van der Waals surface area contributed by atoms with Gasteiger partial charge in [0.25, 0.3) is 0 Å². The van der Waals surface area contributed by atoms with E-state index in [-0.39, 0.29) is 28.6 Å². The molecule has 0 fully saturated rings. The fourth-order valence-corrected chi connectivity index (χ4v) is 3.29. The average Bonchev–Trinajstić information content (AvgIpc) is 2.57. The molecule has 136 valence electrons. The number of aromatic hydroxyl groups is 3. The van der Waals surface area contributed by atoms with Crippen LogP contribution >= 0.6 is 0 Å². The van der Waals surface area contributed by atoms with Crippen molar-refractivity contribution in [2.45, 2.75) is 71.6 Å². The minimum Gasteiger partial charge on any atom is -0.508 e. The van der Waals surface area contributed by atoms with E-state index >= 15 is 0 Å². The maximum atomic E-state index is 10.5. The van der Waals surface area contributed by atoms with Gasteiger partial charge in [-0.3, -0.25) is 0 Å². The Morgan fingerprint density at radius 1 is 1.20 bits per heavy atom. The fraction of sp³-hybridized carbons (Fsp3) is 0.524. The number of phenolic OH excluding ortho intramolecular Hbond substituents is 3. The molecule has 25 heavy (non-hydrogen) atoms. The van der Waals surface area contributed by atoms with Crippen LogP contribution in [0.25, 0.3) is 0 Å². The Morgan fingerprint density at radius 2 is 1.84 bits per heavy atom. The Hall–Kier alpha value is -1.84. The van der Waals surface area contributed by atoms with Crippen molar-refractivity contribution in [3.63, 3.8) is 0 Å². The zero-order valence-electron chi connectivity index (χ0n) is 15.8. The predicted molar refractivity (Wildman–Crippen MR) is 106 cm³/mol. The summed E-state index contributed by atoms with van der Waals surface area (Å²) in [5.41, 5.74) is 2.27. The van der Waals surface area contributed by atoms with Gasteiger partial charge in [-0.05, 0) is 57.0 Å². The molecule has 2 radical (unpaired) electrons. The van der Waals surface area contributed by atoms with E-state index in [4.69, 9.17) is 7.85 Å². The monoisotopic (exact) mass is 342 g/mol. The van der Waals surface area contributed by atoms with Crippen molar-refractivity contribution in [1.29, 1.82) is 0 Å². The molecule has 0 saturated carbocycles. The molecule has 3 nitrogen and oxygen atoms in total. The highest BCUT2D eigenvalue weighted by Gasteiger charge is 2.26. The lowest BCUT2D eigenvalue weighted by Crippen LogP contribution is -2.16. The SMILES string of the molecule is C=CC.[B]c1c(O)c([C@@H]2C=C(C)CCC2)c(O)c(O)c1CCCCC. The van der Waals surface area contributed by atoms with Crippen LogP contribution in [0.5, 0.6) is 17.2 Å². The van der Waals surface area contributed by atoms with Gasteiger partial charge in [0.2, 0.25) is 0 Å². The number of unbranched alkanes of at least 4 members (excludes halogenated alkanes) is 2. The largest absolute Gasteiger partial charge is 0.508 e. The van der Waals surface area contributed by atoms with Crippen LogP contribution in [0.2, 0.25) is 0 Å². The average molecular weight is 342 g/mol. The molecule has 0 spiro atoms. The maximum absolute atomic E-state index is 10.5. The Bertz CT molecular complexity index is 591. The van der Waals surface area contributed by atoms with Gasteiger partial charge in [-0.2, -0.15) is 0 Å². The van der Waals surface area contributed by atoms with Gasteiger partial charge >= 0.3 is 0 Å². The predicted octanol–water partition coefficient (Wildman–Crippen LogP) is 4.74. The van der Waals surface area contributed by atoms with Crippen molar-refractivity contribution in [3.05, 3.63) is 35.4 Å².